The summed E-state index contributed by atoms with van der Waals surface area (Å²) in [6.07, 6.45) is 18.0. The minimum atomic E-state index is -0.783. The quantitative estimate of drug-likeness (QED) is 0.0444. The van der Waals surface area contributed by atoms with Crippen molar-refractivity contribution in [1.29, 1.82) is 0 Å². The van der Waals surface area contributed by atoms with Gasteiger partial charge in [-0.15, -0.1) is 23.3 Å². The van der Waals surface area contributed by atoms with Crippen molar-refractivity contribution in [2.75, 3.05) is 12.3 Å². The van der Waals surface area contributed by atoms with Crippen LogP contribution in [0.2, 0.25) is 0 Å². The summed E-state index contributed by atoms with van der Waals surface area (Å²) in [5.41, 5.74) is 6.60. The van der Waals surface area contributed by atoms with Gasteiger partial charge in [0.05, 0.1) is 37.1 Å². The van der Waals surface area contributed by atoms with Gasteiger partial charge in [-0.2, -0.15) is 0 Å². The van der Waals surface area contributed by atoms with Crippen LogP contribution in [0.3, 0.4) is 0 Å². The molecule has 4 heteroatoms. The monoisotopic (exact) mass is 1270 g/mol. The maximum absolute atomic E-state index is 7.74. The van der Waals surface area contributed by atoms with Crippen LogP contribution >= 0.6 is 15.8 Å². The summed E-state index contributed by atoms with van der Waals surface area (Å²) in [6.45, 7) is 0. The van der Waals surface area contributed by atoms with Gasteiger partial charge in [0, 0.05) is 0 Å². The zero-order valence-electron chi connectivity index (χ0n) is 44.9. The number of hydrogen-bond acceptors (Lipinski definition) is 0. The molecule has 82 heavy (non-hydrogen) atoms. The van der Waals surface area contributed by atoms with Crippen molar-refractivity contribution in [3.05, 3.63) is 327 Å². The van der Waals surface area contributed by atoms with E-state index in [2.05, 4.69) is 291 Å². The Kier molecular flexibility index (Phi) is 19.1. The molecule has 0 heterocycles. The van der Waals surface area contributed by atoms with Crippen LogP contribution in [0.5, 0.6) is 0 Å². The zero-order chi connectivity index (χ0) is 54.0. The van der Waals surface area contributed by atoms with Crippen LogP contribution in [0, 0.1) is 24.7 Å². The Balaban J connectivity index is 0.000000136. The summed E-state index contributed by atoms with van der Waals surface area (Å²) >= 11 is 0. The molecule has 0 spiro atoms. The third-order valence-electron chi connectivity index (χ3n) is 15.3. The molecule has 0 unspecified atom stereocenters. The van der Waals surface area contributed by atoms with Gasteiger partial charge in [0.25, 0.3) is 0 Å². The van der Waals surface area contributed by atoms with Crippen LogP contribution in [0.25, 0.3) is 86.9 Å². The Morgan fingerprint density at radius 3 is 0.732 bits per heavy atom. The van der Waals surface area contributed by atoms with E-state index < -0.39 is 15.8 Å². The van der Waals surface area contributed by atoms with Crippen molar-refractivity contribution in [2.45, 2.75) is 0 Å². The smallest absolute Gasteiger partial charge is 0.366 e. The zero-order valence-corrected chi connectivity index (χ0v) is 49.8. The molecule has 0 atom stereocenters. The molecule has 0 saturated carbocycles. The van der Waals surface area contributed by atoms with Crippen LogP contribution < -0.4 is 21.2 Å². The first-order valence-corrected chi connectivity index (χ1v) is 30.7. The van der Waals surface area contributed by atoms with Crippen molar-refractivity contribution >= 4 is 102 Å². The molecular formula is C78H56Ag2P2+2. The van der Waals surface area contributed by atoms with E-state index in [-0.39, 0.29) is 44.8 Å². The fourth-order valence-corrected chi connectivity index (χ4v) is 17.7. The topological polar surface area (TPSA) is 0 Å². The average Bonchev–Trinajstić information content (AvgIpc) is 3.68. The van der Waals surface area contributed by atoms with E-state index in [1.165, 1.54) is 110 Å². The van der Waals surface area contributed by atoms with E-state index in [1.54, 1.807) is 0 Å². The summed E-state index contributed by atoms with van der Waals surface area (Å²) in [5, 5.41) is 20.2. The largest absolute Gasteiger partial charge is 1.00 e. The second kappa shape index (κ2) is 27.2. The summed E-state index contributed by atoms with van der Waals surface area (Å²) in [5.74, 6) is 5.25. The van der Waals surface area contributed by atoms with Crippen LogP contribution in [0.1, 0.15) is 11.1 Å². The van der Waals surface area contributed by atoms with Gasteiger partial charge in [0.2, 0.25) is 0 Å². The summed E-state index contributed by atoms with van der Waals surface area (Å²) in [6, 6.07) is 108. The standard InChI is InChI=1S/C26H24P2.2C26H15.2Ag/c1-5-13-23(14-6-1)27(24-15-7-2-8-16-24)21-22-28(25-17-9-3-10-18-25)26-19-11-4-12-20-26;2*1-2-18-16-25-23-15-9-8-14-22(23)24(19-10-4-3-5-11-19)17-26(25)21-13-7-6-12-20(18)21;;/h1-20H,21-22H2;2*3-17H;;/q;2*-1;2*+1/p+2. The predicted octanol–water partition coefficient (Wildman–Crippen LogP) is 18.2. The number of rotatable bonds is 9. The molecule has 0 aromatic heterocycles. The van der Waals surface area contributed by atoms with Crippen LogP contribution in [-0.2, 0) is 44.8 Å². The normalized spacial score (nSPS) is 10.8. The first-order chi connectivity index (χ1) is 39.6. The van der Waals surface area contributed by atoms with E-state index in [0.29, 0.717) is 0 Å². The molecule has 0 saturated heterocycles. The van der Waals surface area contributed by atoms with Crippen molar-refractivity contribution < 1.29 is 44.8 Å². The molecule has 0 aliphatic rings. The minimum Gasteiger partial charge on any atom is -0.366 e. The van der Waals surface area contributed by atoms with E-state index in [0.717, 1.165) is 21.9 Å². The Labute approximate surface area is 515 Å². The van der Waals surface area contributed by atoms with Crippen molar-refractivity contribution in [3.63, 3.8) is 0 Å². The van der Waals surface area contributed by atoms with Crippen molar-refractivity contribution in [1.82, 2.24) is 0 Å². The molecule has 398 valence electrons. The maximum Gasteiger partial charge on any atom is 1.00 e. The number of benzene rings is 14. The van der Waals surface area contributed by atoms with Gasteiger partial charge in [-0.25, -0.2) is 0 Å². The van der Waals surface area contributed by atoms with Crippen LogP contribution in [0.4, 0.5) is 0 Å². The van der Waals surface area contributed by atoms with Gasteiger partial charge in [-0.1, -0.05) is 241 Å². The Morgan fingerprint density at radius 1 is 0.232 bits per heavy atom. The maximum atomic E-state index is 7.74. The van der Waals surface area contributed by atoms with E-state index in [4.69, 9.17) is 12.8 Å². The van der Waals surface area contributed by atoms with Crippen LogP contribution in [0.15, 0.2) is 303 Å². The van der Waals surface area contributed by atoms with Gasteiger partial charge >= 0.3 is 44.8 Å². The fraction of sp³-hybridized carbons (Fsp3) is 0.0256. The van der Waals surface area contributed by atoms with E-state index in [9.17, 15) is 0 Å². The van der Waals surface area contributed by atoms with Gasteiger partial charge in [-0.3, -0.25) is 11.8 Å². The van der Waals surface area contributed by atoms with Crippen molar-refractivity contribution in [2.24, 2.45) is 0 Å². The third kappa shape index (κ3) is 12.2. The average molecular weight is 1270 g/mol. The van der Waals surface area contributed by atoms with Gasteiger partial charge < -0.3 is 12.8 Å². The second-order valence-corrected chi connectivity index (χ2v) is 25.2. The number of fused-ring (bicyclic) bond motifs is 10. The molecule has 0 nitrogen and oxygen atoms in total. The van der Waals surface area contributed by atoms with E-state index >= 15 is 0 Å². The fourth-order valence-electron chi connectivity index (χ4n) is 11.5. The first kappa shape index (κ1) is 57.3. The first-order valence-electron chi connectivity index (χ1n) is 27.3. The molecule has 14 rings (SSSR count). The Hall–Kier alpha value is -7.90. The van der Waals surface area contributed by atoms with Gasteiger partial charge in [0.1, 0.15) is 12.3 Å². The molecular weight excluding hydrogens is 1210 g/mol. The summed E-state index contributed by atoms with van der Waals surface area (Å²) in [4.78, 5) is 0. The third-order valence-corrected chi connectivity index (χ3v) is 21.4. The molecule has 0 bridgehead atoms. The van der Waals surface area contributed by atoms with Gasteiger partial charge in [0.15, 0.2) is 0 Å². The summed E-state index contributed by atoms with van der Waals surface area (Å²) < 4.78 is 0. The molecule has 0 radical (unpaired) electrons. The van der Waals surface area contributed by atoms with Crippen molar-refractivity contribution in [3.8, 4) is 34.1 Å². The second-order valence-electron chi connectivity index (χ2n) is 20.0. The SMILES string of the molecule is [Ag+].[Ag+].[C-]#Cc1cc2c3ccccc3c(-c3ccccc3)cc2c2ccccc12.[C-]#Cc1cc2c3ccccc3c(-c3ccccc3)cc2c2ccccc12.c1ccc([PH+](CC[PH+](c2ccccc2)c2ccccc2)c2ccccc2)cc1. The summed E-state index contributed by atoms with van der Waals surface area (Å²) in [7, 11) is -1.57. The minimum absolute atomic E-state index is 0. The molecule has 0 N–H and O–H groups in total. The predicted molar refractivity (Wildman–Crippen MR) is 352 cm³/mol. The molecule has 0 aliphatic heterocycles. The van der Waals surface area contributed by atoms with Gasteiger partial charge in [-0.05, 0) is 137 Å². The molecule has 0 amide bonds. The van der Waals surface area contributed by atoms with Crippen LogP contribution in [-0.4, -0.2) is 12.3 Å². The Morgan fingerprint density at radius 2 is 0.451 bits per heavy atom. The number of hydrogen-bond donors (Lipinski definition) is 0. The Bertz CT molecular complexity index is 4160. The molecule has 14 aromatic rings. The molecule has 0 aliphatic carbocycles. The van der Waals surface area contributed by atoms with E-state index in [1.807, 2.05) is 24.3 Å². The molecule has 14 aromatic carbocycles. The molecule has 0 fully saturated rings.